The van der Waals surface area contributed by atoms with Crippen LogP contribution in [0.4, 0.5) is 10.1 Å². The van der Waals surface area contributed by atoms with E-state index in [1.165, 1.54) is 16.9 Å². The minimum Gasteiger partial charge on any atom is -0.375 e. The van der Waals surface area contributed by atoms with Crippen molar-refractivity contribution >= 4 is 11.6 Å². The summed E-state index contributed by atoms with van der Waals surface area (Å²) in [5.41, 5.74) is 6.70. The van der Waals surface area contributed by atoms with Gasteiger partial charge in [-0.05, 0) is 37.8 Å². The van der Waals surface area contributed by atoms with Crippen LogP contribution in [0, 0.1) is 11.7 Å². The molecule has 1 unspecified atom stereocenters. The maximum absolute atomic E-state index is 13.8. The summed E-state index contributed by atoms with van der Waals surface area (Å²) < 4.78 is 21.1. The number of aromatic nitrogens is 2. The number of nitrogens with zero attached hydrogens (tertiary/aromatic N) is 2. The third-order valence-electron chi connectivity index (χ3n) is 5.09. The molecule has 25 heavy (non-hydrogen) atoms. The number of hydrogen-bond acceptors (Lipinski definition) is 4. The van der Waals surface area contributed by atoms with Gasteiger partial charge in [-0.25, -0.2) is 9.07 Å². The maximum atomic E-state index is 13.8. The summed E-state index contributed by atoms with van der Waals surface area (Å²) in [5, 5.41) is 6.97. The van der Waals surface area contributed by atoms with Crippen LogP contribution in [0.15, 0.2) is 36.7 Å². The van der Waals surface area contributed by atoms with Crippen LogP contribution >= 0.6 is 0 Å². The SMILES string of the molecule is NC1CCOC2(C1)CC(C(=O)Nc1cnn(-c3ccccc3F)c1)C2. The van der Waals surface area contributed by atoms with Gasteiger partial charge in [0.25, 0.3) is 0 Å². The first-order valence-corrected chi connectivity index (χ1v) is 8.55. The van der Waals surface area contributed by atoms with Crippen LogP contribution in [0.2, 0.25) is 0 Å². The Morgan fingerprint density at radius 2 is 2.16 bits per heavy atom. The molecule has 2 heterocycles. The number of nitrogens with one attached hydrogen (secondary N) is 1. The molecule has 2 aliphatic rings. The van der Waals surface area contributed by atoms with E-state index in [1.54, 1.807) is 24.4 Å². The first-order valence-electron chi connectivity index (χ1n) is 8.55. The third kappa shape index (κ3) is 3.17. The molecule has 2 fully saturated rings. The van der Waals surface area contributed by atoms with Gasteiger partial charge in [-0.3, -0.25) is 4.79 Å². The average molecular weight is 344 g/mol. The Bertz CT molecular complexity index is 785. The van der Waals surface area contributed by atoms with Gasteiger partial charge in [0.05, 0.1) is 23.7 Å². The number of hydrogen-bond donors (Lipinski definition) is 2. The van der Waals surface area contributed by atoms with E-state index >= 15 is 0 Å². The van der Waals surface area contributed by atoms with Crippen LogP contribution in [0.5, 0.6) is 0 Å². The van der Waals surface area contributed by atoms with E-state index in [-0.39, 0.29) is 29.3 Å². The number of rotatable bonds is 3. The molecule has 0 bridgehead atoms. The highest BCUT2D eigenvalue weighted by Gasteiger charge is 2.50. The first kappa shape index (κ1) is 16.2. The van der Waals surface area contributed by atoms with Crippen molar-refractivity contribution in [3.63, 3.8) is 0 Å². The topological polar surface area (TPSA) is 82.2 Å². The smallest absolute Gasteiger partial charge is 0.227 e. The van der Waals surface area contributed by atoms with Crippen LogP contribution in [0.3, 0.4) is 0 Å². The number of halogens is 1. The van der Waals surface area contributed by atoms with E-state index in [0.29, 0.717) is 30.8 Å². The lowest BCUT2D eigenvalue weighted by Gasteiger charge is -2.50. The van der Waals surface area contributed by atoms with Gasteiger partial charge in [-0.2, -0.15) is 5.10 Å². The van der Waals surface area contributed by atoms with Crippen molar-refractivity contribution in [2.45, 2.75) is 37.3 Å². The van der Waals surface area contributed by atoms with E-state index in [4.69, 9.17) is 10.5 Å². The number of ether oxygens (including phenoxy) is 1. The van der Waals surface area contributed by atoms with E-state index in [0.717, 1.165) is 12.8 Å². The predicted octanol–water partition coefficient (Wildman–Crippen LogP) is 2.24. The zero-order valence-corrected chi connectivity index (χ0v) is 13.8. The molecule has 6 nitrogen and oxygen atoms in total. The minimum absolute atomic E-state index is 0.0542. The lowest BCUT2D eigenvalue weighted by Crippen LogP contribution is -2.55. The fourth-order valence-corrected chi connectivity index (χ4v) is 3.77. The van der Waals surface area contributed by atoms with Gasteiger partial charge in [-0.1, -0.05) is 12.1 Å². The zero-order valence-electron chi connectivity index (χ0n) is 13.8. The molecule has 0 radical (unpaired) electrons. The Morgan fingerprint density at radius 3 is 2.92 bits per heavy atom. The summed E-state index contributed by atoms with van der Waals surface area (Å²) in [6.07, 6.45) is 6.24. The number of carbonyl (C=O) groups is 1. The van der Waals surface area contributed by atoms with Gasteiger partial charge in [0, 0.05) is 18.6 Å². The Hall–Kier alpha value is -2.25. The standard InChI is InChI=1S/C18H21FN4O2/c19-15-3-1-2-4-16(15)23-11-14(10-21-23)22-17(24)12-7-18(8-12)9-13(20)5-6-25-18/h1-4,10-13H,5-9,20H2,(H,22,24). The molecule has 3 N–H and O–H groups in total. The second-order valence-electron chi connectivity index (χ2n) is 7.00. The quantitative estimate of drug-likeness (QED) is 0.895. The fourth-order valence-electron chi connectivity index (χ4n) is 3.77. The first-order chi connectivity index (χ1) is 12.0. The summed E-state index contributed by atoms with van der Waals surface area (Å²) in [7, 11) is 0. The summed E-state index contributed by atoms with van der Waals surface area (Å²) in [6.45, 7) is 0.672. The summed E-state index contributed by atoms with van der Waals surface area (Å²) in [6, 6.07) is 6.53. The van der Waals surface area contributed by atoms with Crippen molar-refractivity contribution < 1.29 is 13.9 Å². The Balaban J connectivity index is 1.37. The summed E-state index contributed by atoms with van der Waals surface area (Å²) >= 11 is 0. The molecule has 7 heteroatoms. The molecule has 1 atom stereocenters. The molecule has 1 aromatic heterocycles. The van der Waals surface area contributed by atoms with Crippen molar-refractivity contribution in [2.24, 2.45) is 11.7 Å². The Morgan fingerprint density at radius 1 is 1.36 bits per heavy atom. The van der Waals surface area contributed by atoms with Crippen LogP contribution < -0.4 is 11.1 Å². The lowest BCUT2D eigenvalue weighted by molar-refractivity contribution is -0.166. The molecule has 1 amide bonds. The van der Waals surface area contributed by atoms with Crippen LogP contribution in [-0.4, -0.2) is 33.9 Å². The fraction of sp³-hybridized carbons (Fsp3) is 0.444. The van der Waals surface area contributed by atoms with Gasteiger partial charge in [0.2, 0.25) is 5.91 Å². The van der Waals surface area contributed by atoms with E-state index in [1.807, 2.05) is 0 Å². The molecule has 1 aliphatic carbocycles. The molecule has 1 spiro atoms. The van der Waals surface area contributed by atoms with Gasteiger partial charge in [0.15, 0.2) is 0 Å². The van der Waals surface area contributed by atoms with E-state index in [2.05, 4.69) is 10.4 Å². The number of benzene rings is 1. The van der Waals surface area contributed by atoms with Crippen molar-refractivity contribution in [2.75, 3.05) is 11.9 Å². The monoisotopic (exact) mass is 344 g/mol. The highest BCUT2D eigenvalue weighted by Crippen LogP contribution is 2.46. The molecule has 4 rings (SSSR count). The lowest BCUT2D eigenvalue weighted by atomic mass is 9.66. The molecule has 1 saturated carbocycles. The second-order valence-corrected chi connectivity index (χ2v) is 7.00. The summed E-state index contributed by atoms with van der Waals surface area (Å²) in [4.78, 5) is 12.4. The van der Waals surface area contributed by atoms with Crippen LogP contribution in [0.25, 0.3) is 5.69 Å². The average Bonchev–Trinajstić information content (AvgIpc) is 3.01. The molecule has 1 saturated heterocycles. The van der Waals surface area contributed by atoms with Gasteiger partial charge in [0.1, 0.15) is 11.5 Å². The van der Waals surface area contributed by atoms with Crippen molar-refractivity contribution in [3.05, 3.63) is 42.5 Å². The van der Waals surface area contributed by atoms with Gasteiger partial charge >= 0.3 is 0 Å². The number of para-hydroxylation sites is 1. The highest BCUT2D eigenvalue weighted by molar-refractivity contribution is 5.93. The van der Waals surface area contributed by atoms with Crippen molar-refractivity contribution in [1.82, 2.24) is 9.78 Å². The molecule has 1 aliphatic heterocycles. The van der Waals surface area contributed by atoms with Crippen LogP contribution in [-0.2, 0) is 9.53 Å². The van der Waals surface area contributed by atoms with E-state index < -0.39 is 0 Å². The van der Waals surface area contributed by atoms with Crippen molar-refractivity contribution in [1.29, 1.82) is 0 Å². The highest BCUT2D eigenvalue weighted by atomic mass is 19.1. The number of anilines is 1. The summed E-state index contributed by atoms with van der Waals surface area (Å²) in [5.74, 6) is -0.501. The number of amides is 1. The maximum Gasteiger partial charge on any atom is 0.227 e. The van der Waals surface area contributed by atoms with Gasteiger partial charge < -0.3 is 15.8 Å². The minimum atomic E-state index is -0.366. The van der Waals surface area contributed by atoms with Crippen LogP contribution in [0.1, 0.15) is 25.7 Å². The molecule has 1 aromatic carbocycles. The Labute approximate surface area is 145 Å². The number of nitrogens with two attached hydrogens (primary N) is 1. The molecule has 132 valence electrons. The molecule has 2 aromatic rings. The normalized spacial score (nSPS) is 28.6. The predicted molar refractivity (Wildman–Crippen MR) is 90.8 cm³/mol. The zero-order chi connectivity index (χ0) is 17.4. The molecular weight excluding hydrogens is 323 g/mol. The van der Waals surface area contributed by atoms with Gasteiger partial charge in [-0.15, -0.1) is 0 Å². The Kier molecular flexibility index (Phi) is 4.05. The number of carbonyl (C=O) groups excluding carboxylic acids is 1. The molecular formula is C18H21FN4O2. The third-order valence-corrected chi connectivity index (χ3v) is 5.09. The van der Waals surface area contributed by atoms with Crippen molar-refractivity contribution in [3.8, 4) is 5.69 Å². The second kappa shape index (κ2) is 6.24. The largest absolute Gasteiger partial charge is 0.375 e. The van der Waals surface area contributed by atoms with E-state index in [9.17, 15) is 9.18 Å².